The molecule has 4 nitrogen and oxygen atoms in total. The Balaban J connectivity index is 1.69. The normalized spacial score (nSPS) is 11.2. The van der Waals surface area contributed by atoms with Gasteiger partial charge in [0.05, 0.1) is 5.56 Å². The van der Waals surface area contributed by atoms with Crippen molar-refractivity contribution in [3.8, 4) is 0 Å². The fourth-order valence-corrected chi connectivity index (χ4v) is 2.44. The molecule has 0 atom stereocenters. The molecule has 2 aromatic carbocycles. The lowest BCUT2D eigenvalue weighted by Crippen LogP contribution is -2.06. The zero-order valence-electron chi connectivity index (χ0n) is 14.0. The summed E-state index contributed by atoms with van der Waals surface area (Å²) in [7, 11) is 0. The van der Waals surface area contributed by atoms with Crippen LogP contribution in [0.15, 0.2) is 60.8 Å². The van der Waals surface area contributed by atoms with Gasteiger partial charge in [-0.15, -0.1) is 0 Å². The highest BCUT2D eigenvalue weighted by Crippen LogP contribution is 2.31. The van der Waals surface area contributed by atoms with Gasteiger partial charge in [0.25, 0.3) is 0 Å². The highest BCUT2D eigenvalue weighted by atomic mass is 19.4. The van der Waals surface area contributed by atoms with E-state index in [1.807, 2.05) is 25.1 Å². The quantitative estimate of drug-likeness (QED) is 0.661. The molecule has 0 aliphatic heterocycles. The fraction of sp³-hybridized carbons (Fsp3) is 0.158. The van der Waals surface area contributed by atoms with Crippen LogP contribution in [0, 0.1) is 6.92 Å². The van der Waals surface area contributed by atoms with E-state index in [0.717, 1.165) is 23.3 Å². The predicted octanol–water partition coefficient (Wildman–Crippen LogP) is 5.16. The number of hydrogen-bond acceptors (Lipinski definition) is 4. The van der Waals surface area contributed by atoms with Crippen molar-refractivity contribution >= 4 is 17.5 Å². The second-order valence-electron chi connectivity index (χ2n) is 5.81. The molecule has 3 rings (SSSR count). The Morgan fingerprint density at radius 2 is 1.81 bits per heavy atom. The molecule has 0 spiro atoms. The van der Waals surface area contributed by atoms with Crippen LogP contribution in [0.2, 0.25) is 0 Å². The van der Waals surface area contributed by atoms with Crippen molar-refractivity contribution in [3.05, 3.63) is 77.5 Å². The zero-order chi connectivity index (χ0) is 18.6. The third-order valence-corrected chi connectivity index (χ3v) is 3.65. The smallest absolute Gasteiger partial charge is 0.350 e. The summed E-state index contributed by atoms with van der Waals surface area (Å²) in [5, 5.41) is 5.98. The minimum absolute atomic E-state index is 0.308. The second-order valence-corrected chi connectivity index (χ2v) is 5.81. The van der Waals surface area contributed by atoms with E-state index in [2.05, 4.69) is 26.7 Å². The van der Waals surface area contributed by atoms with Crippen molar-refractivity contribution in [1.82, 2.24) is 9.97 Å². The van der Waals surface area contributed by atoms with Crippen molar-refractivity contribution in [1.29, 1.82) is 0 Å². The van der Waals surface area contributed by atoms with Crippen LogP contribution < -0.4 is 10.6 Å². The summed E-state index contributed by atoms with van der Waals surface area (Å²) in [6, 6.07) is 14.6. The van der Waals surface area contributed by atoms with Crippen LogP contribution in [0.4, 0.5) is 30.6 Å². The van der Waals surface area contributed by atoms with Gasteiger partial charge in [0.15, 0.2) is 0 Å². The predicted molar refractivity (Wildman–Crippen MR) is 95.3 cm³/mol. The Labute approximate surface area is 149 Å². The molecule has 0 bridgehead atoms. The van der Waals surface area contributed by atoms with E-state index < -0.39 is 11.7 Å². The van der Waals surface area contributed by atoms with Gasteiger partial charge in [0.1, 0.15) is 5.82 Å². The Morgan fingerprint density at radius 3 is 2.58 bits per heavy atom. The molecule has 3 aromatic rings. The number of anilines is 3. The Kier molecular flexibility index (Phi) is 5.06. The molecule has 7 heteroatoms. The van der Waals surface area contributed by atoms with E-state index in [4.69, 9.17) is 0 Å². The number of benzene rings is 2. The number of aryl methyl sites for hydroxylation is 1. The van der Waals surface area contributed by atoms with E-state index in [1.54, 1.807) is 18.3 Å². The van der Waals surface area contributed by atoms with Crippen LogP contribution in [0.1, 0.15) is 16.7 Å². The van der Waals surface area contributed by atoms with Crippen LogP contribution in [0.3, 0.4) is 0 Å². The van der Waals surface area contributed by atoms with Gasteiger partial charge in [-0.05, 0) is 36.8 Å². The molecule has 0 fully saturated rings. The summed E-state index contributed by atoms with van der Waals surface area (Å²) < 4.78 is 38.4. The summed E-state index contributed by atoms with van der Waals surface area (Å²) in [4.78, 5) is 8.42. The standard InChI is InChI=1S/C19H17F3N4/c1-13-4-2-5-14(10-13)12-24-18-23-9-8-17(26-18)25-16-7-3-6-15(11-16)19(20,21)22/h2-11H,12H2,1H3,(H2,23,24,25,26). The summed E-state index contributed by atoms with van der Waals surface area (Å²) in [6.07, 6.45) is -2.84. The number of halogens is 3. The molecule has 0 aliphatic rings. The lowest BCUT2D eigenvalue weighted by atomic mass is 10.1. The van der Waals surface area contributed by atoms with Gasteiger partial charge in [-0.3, -0.25) is 0 Å². The molecular weight excluding hydrogens is 341 g/mol. The largest absolute Gasteiger partial charge is 0.416 e. The van der Waals surface area contributed by atoms with Gasteiger partial charge in [0.2, 0.25) is 5.95 Å². The average molecular weight is 358 g/mol. The summed E-state index contributed by atoms with van der Waals surface area (Å²) >= 11 is 0. The number of aromatic nitrogens is 2. The van der Waals surface area contributed by atoms with Crippen molar-refractivity contribution < 1.29 is 13.2 Å². The van der Waals surface area contributed by atoms with Crippen molar-refractivity contribution in [3.63, 3.8) is 0 Å². The molecule has 2 N–H and O–H groups in total. The van der Waals surface area contributed by atoms with Gasteiger partial charge in [-0.25, -0.2) is 4.98 Å². The van der Waals surface area contributed by atoms with Crippen molar-refractivity contribution in [2.75, 3.05) is 10.6 Å². The van der Waals surface area contributed by atoms with Gasteiger partial charge < -0.3 is 10.6 Å². The lowest BCUT2D eigenvalue weighted by Gasteiger charge is -2.11. The summed E-state index contributed by atoms with van der Waals surface area (Å²) in [5.41, 5.74) is 1.84. The van der Waals surface area contributed by atoms with Crippen LogP contribution >= 0.6 is 0 Å². The van der Waals surface area contributed by atoms with Crippen LogP contribution in [-0.2, 0) is 12.7 Å². The number of rotatable bonds is 5. The Hall–Kier alpha value is -3.09. The number of alkyl halides is 3. The molecular formula is C19H17F3N4. The Morgan fingerprint density at radius 1 is 1.00 bits per heavy atom. The molecule has 0 saturated heterocycles. The number of hydrogen-bond donors (Lipinski definition) is 2. The summed E-state index contributed by atoms with van der Waals surface area (Å²) in [5.74, 6) is 0.801. The minimum atomic E-state index is -4.39. The topological polar surface area (TPSA) is 49.8 Å². The van der Waals surface area contributed by atoms with Gasteiger partial charge in [-0.2, -0.15) is 18.2 Å². The molecule has 0 aliphatic carbocycles. The first-order valence-corrected chi connectivity index (χ1v) is 7.97. The molecule has 1 aromatic heterocycles. The maximum absolute atomic E-state index is 12.8. The number of nitrogens with one attached hydrogen (secondary N) is 2. The SMILES string of the molecule is Cc1cccc(CNc2nccc(Nc3cccc(C(F)(F)F)c3)n2)c1. The van der Waals surface area contributed by atoms with E-state index in [9.17, 15) is 13.2 Å². The minimum Gasteiger partial charge on any atom is -0.350 e. The Bertz CT molecular complexity index is 894. The highest BCUT2D eigenvalue weighted by molar-refractivity contribution is 5.58. The van der Waals surface area contributed by atoms with Crippen LogP contribution in [0.5, 0.6) is 0 Å². The fourth-order valence-electron chi connectivity index (χ4n) is 2.44. The first-order chi connectivity index (χ1) is 12.4. The molecule has 1 heterocycles. The third kappa shape index (κ3) is 4.72. The van der Waals surface area contributed by atoms with E-state index in [-0.39, 0.29) is 0 Å². The van der Waals surface area contributed by atoms with E-state index in [0.29, 0.717) is 24.0 Å². The number of nitrogens with zero attached hydrogens (tertiary/aromatic N) is 2. The van der Waals surface area contributed by atoms with Crippen molar-refractivity contribution in [2.45, 2.75) is 19.6 Å². The monoisotopic (exact) mass is 358 g/mol. The van der Waals surface area contributed by atoms with Crippen LogP contribution in [0.25, 0.3) is 0 Å². The molecule has 0 radical (unpaired) electrons. The first-order valence-electron chi connectivity index (χ1n) is 7.97. The van der Waals surface area contributed by atoms with E-state index in [1.165, 1.54) is 6.07 Å². The second kappa shape index (κ2) is 7.43. The molecule has 134 valence electrons. The van der Waals surface area contributed by atoms with Crippen molar-refractivity contribution in [2.24, 2.45) is 0 Å². The lowest BCUT2D eigenvalue weighted by molar-refractivity contribution is -0.137. The molecule has 0 amide bonds. The molecule has 0 saturated carbocycles. The highest BCUT2D eigenvalue weighted by Gasteiger charge is 2.30. The third-order valence-electron chi connectivity index (χ3n) is 3.65. The van der Waals surface area contributed by atoms with Gasteiger partial charge in [0, 0.05) is 18.4 Å². The first kappa shape index (κ1) is 17.7. The maximum atomic E-state index is 12.8. The summed E-state index contributed by atoms with van der Waals surface area (Å²) in [6.45, 7) is 2.56. The van der Waals surface area contributed by atoms with Gasteiger partial charge >= 0.3 is 6.18 Å². The van der Waals surface area contributed by atoms with E-state index >= 15 is 0 Å². The average Bonchev–Trinajstić information content (AvgIpc) is 2.60. The van der Waals surface area contributed by atoms with Crippen LogP contribution in [-0.4, -0.2) is 9.97 Å². The maximum Gasteiger partial charge on any atom is 0.416 e. The molecule has 26 heavy (non-hydrogen) atoms. The zero-order valence-corrected chi connectivity index (χ0v) is 14.0. The van der Waals surface area contributed by atoms with Gasteiger partial charge in [-0.1, -0.05) is 35.9 Å². The molecule has 0 unspecified atom stereocenters.